The summed E-state index contributed by atoms with van der Waals surface area (Å²) in [6, 6.07) is 7.85. The molecule has 9 heteroatoms. The van der Waals surface area contributed by atoms with Crippen molar-refractivity contribution in [2.75, 3.05) is 18.4 Å². The molecule has 0 spiro atoms. The second-order valence-electron chi connectivity index (χ2n) is 10.1. The van der Waals surface area contributed by atoms with Gasteiger partial charge in [-0.1, -0.05) is 68.4 Å². The lowest BCUT2D eigenvalue weighted by Gasteiger charge is -2.35. The van der Waals surface area contributed by atoms with Crippen LogP contribution < -0.4 is 11.1 Å². The van der Waals surface area contributed by atoms with E-state index in [9.17, 15) is 0 Å². The smallest absolute Gasteiger partial charge is 0.164 e. The zero-order valence-corrected chi connectivity index (χ0v) is 24.1. The Balaban J connectivity index is 1.42. The lowest BCUT2D eigenvalue weighted by atomic mass is 10.0. The van der Waals surface area contributed by atoms with Crippen molar-refractivity contribution in [3.63, 3.8) is 0 Å². The number of anilines is 1. The monoisotopic (exact) mass is 561 g/mol. The lowest BCUT2D eigenvalue weighted by molar-refractivity contribution is 0.216. The van der Waals surface area contributed by atoms with E-state index in [4.69, 9.17) is 32.4 Å². The van der Waals surface area contributed by atoms with Crippen molar-refractivity contribution in [3.05, 3.63) is 82.1 Å². The Kier molecular flexibility index (Phi) is 8.63. The number of hydrogen-bond donors (Lipinski definition) is 2. The Labute approximate surface area is 239 Å². The molecule has 1 saturated heterocycles. The Morgan fingerprint density at radius 1 is 1.13 bits per heavy atom. The van der Waals surface area contributed by atoms with Crippen LogP contribution in [0.15, 0.2) is 77.1 Å². The summed E-state index contributed by atoms with van der Waals surface area (Å²) < 4.78 is 2.08. The van der Waals surface area contributed by atoms with E-state index < -0.39 is 0 Å². The van der Waals surface area contributed by atoms with E-state index in [0.717, 1.165) is 71.0 Å². The molecule has 0 saturated carbocycles. The molecule has 39 heavy (non-hydrogen) atoms. The van der Waals surface area contributed by atoms with Crippen LogP contribution in [0.2, 0.25) is 5.02 Å². The van der Waals surface area contributed by atoms with Crippen LogP contribution in [-0.2, 0) is 0 Å². The molecule has 2 aliphatic rings. The van der Waals surface area contributed by atoms with Gasteiger partial charge in [0.05, 0.1) is 22.7 Å². The summed E-state index contributed by atoms with van der Waals surface area (Å²) in [4.78, 5) is 13.3. The third-order valence-electron chi connectivity index (χ3n) is 7.30. The number of hydrogen-bond acceptors (Lipinski definition) is 7. The van der Waals surface area contributed by atoms with E-state index in [2.05, 4.69) is 41.1 Å². The normalized spacial score (nSPS) is 16.2. The maximum atomic E-state index is 6.16. The zero-order chi connectivity index (χ0) is 27.4. The Bertz CT molecular complexity index is 1420. The topological polar surface area (TPSA) is 84.9 Å². The first-order valence-corrected chi connectivity index (χ1v) is 14.9. The first-order chi connectivity index (χ1) is 18.9. The number of rotatable bonds is 10. The predicted octanol–water partition coefficient (Wildman–Crippen LogP) is 7.62. The standard InChI is InChI=1S/C30H36ClN7S/c1-4-5-6-8-20(2)37-17-15-24(16-18-37)38-30-25(19-33-38)29(34-21(3)26-9-7-10-27(32)39-26)35-28(36-30)22-11-13-23(31)14-12-22/h9-14,19,24H,2-8,15-18,32H2,1H3,(H,34,35,36). The van der Waals surface area contributed by atoms with Crippen LogP contribution in [0.3, 0.4) is 0 Å². The average molecular weight is 562 g/mol. The summed E-state index contributed by atoms with van der Waals surface area (Å²) >= 11 is 7.66. The highest BCUT2D eigenvalue weighted by Gasteiger charge is 2.25. The highest BCUT2D eigenvalue weighted by Crippen LogP contribution is 2.35. The van der Waals surface area contributed by atoms with Gasteiger partial charge in [0.1, 0.15) is 5.82 Å². The largest absolute Gasteiger partial charge is 0.394 e. The van der Waals surface area contributed by atoms with Crippen molar-refractivity contribution in [3.8, 4) is 11.4 Å². The van der Waals surface area contributed by atoms with Gasteiger partial charge in [0.2, 0.25) is 0 Å². The van der Waals surface area contributed by atoms with E-state index in [1.54, 1.807) is 0 Å². The number of unbranched alkanes of at least 4 members (excludes halogenated alkanes) is 2. The number of fused-ring (bicyclic) bond motifs is 1. The number of nitrogens with zero attached hydrogens (tertiary/aromatic N) is 5. The number of nitrogens with two attached hydrogens (primary N) is 1. The molecule has 0 atom stereocenters. The van der Waals surface area contributed by atoms with Crippen LogP contribution in [-0.4, -0.2) is 37.7 Å². The predicted molar refractivity (Wildman–Crippen MR) is 164 cm³/mol. The summed E-state index contributed by atoms with van der Waals surface area (Å²) in [6.45, 7) is 12.8. The number of likely N-dealkylation sites (tertiary alicyclic amines) is 1. The van der Waals surface area contributed by atoms with E-state index in [1.807, 2.05) is 36.5 Å². The molecule has 0 amide bonds. The fourth-order valence-electron chi connectivity index (χ4n) is 5.06. The van der Waals surface area contributed by atoms with Gasteiger partial charge in [-0.3, -0.25) is 0 Å². The van der Waals surface area contributed by atoms with Crippen LogP contribution in [0.1, 0.15) is 57.9 Å². The number of piperidine rings is 1. The van der Waals surface area contributed by atoms with E-state index in [-0.39, 0.29) is 6.04 Å². The highest BCUT2D eigenvalue weighted by atomic mass is 35.5. The number of halogens is 1. The minimum atomic E-state index is 0.257. The summed E-state index contributed by atoms with van der Waals surface area (Å²) in [5.74, 6) is 1.29. The van der Waals surface area contributed by atoms with Crippen molar-refractivity contribution >= 4 is 40.2 Å². The fraction of sp³-hybridized carbons (Fsp3) is 0.367. The van der Waals surface area contributed by atoms with Crippen LogP contribution in [0.4, 0.5) is 5.82 Å². The number of benzene rings is 1. The van der Waals surface area contributed by atoms with Crippen LogP contribution in [0.25, 0.3) is 22.4 Å². The molecular weight excluding hydrogens is 526 g/mol. The second kappa shape index (κ2) is 12.3. The third-order valence-corrected chi connectivity index (χ3v) is 8.59. The second-order valence-corrected chi connectivity index (χ2v) is 11.6. The van der Waals surface area contributed by atoms with E-state index in [0.29, 0.717) is 16.7 Å². The third kappa shape index (κ3) is 6.34. The van der Waals surface area contributed by atoms with Gasteiger partial charge in [-0.2, -0.15) is 5.10 Å². The van der Waals surface area contributed by atoms with Crippen LogP contribution in [0, 0.1) is 0 Å². The van der Waals surface area contributed by atoms with Gasteiger partial charge in [-0.05, 0) is 56.4 Å². The summed E-state index contributed by atoms with van der Waals surface area (Å²) in [5, 5.41) is 10.6. The molecule has 0 radical (unpaired) electrons. The molecular formula is C30H36ClN7S. The Hall–Kier alpha value is -3.23. The maximum absolute atomic E-state index is 6.16. The number of aromatic nitrogens is 4. The minimum absolute atomic E-state index is 0.257. The first-order valence-electron chi connectivity index (χ1n) is 13.7. The molecule has 2 aromatic heterocycles. The van der Waals surface area contributed by atoms with Gasteiger partial charge >= 0.3 is 0 Å². The molecule has 7 nitrogen and oxygen atoms in total. The lowest BCUT2D eigenvalue weighted by Crippen LogP contribution is -2.34. The molecule has 3 N–H and O–H groups in total. The number of thioether (sulfide) groups is 1. The van der Waals surface area contributed by atoms with E-state index in [1.165, 1.54) is 36.7 Å². The molecule has 3 aromatic rings. The number of nitrogens with one attached hydrogen (secondary N) is 1. The Morgan fingerprint density at radius 3 is 2.62 bits per heavy atom. The minimum Gasteiger partial charge on any atom is -0.394 e. The molecule has 5 rings (SSSR count). The molecule has 0 unspecified atom stereocenters. The van der Waals surface area contributed by atoms with Crippen molar-refractivity contribution in [2.45, 2.75) is 57.9 Å². The number of allylic oxidation sites excluding steroid dienone is 3. The van der Waals surface area contributed by atoms with Crippen molar-refractivity contribution < 1.29 is 0 Å². The SMILES string of the molecule is C=C(Nc1nc(-c2ccc(Cl)cc2)nc2c1cnn2C1CCN(C(=C)CCCCC)CC1)C1=CCC=C(N)S1. The van der Waals surface area contributed by atoms with Crippen molar-refractivity contribution in [1.82, 2.24) is 24.6 Å². The highest BCUT2D eigenvalue weighted by molar-refractivity contribution is 8.06. The van der Waals surface area contributed by atoms with Gasteiger partial charge in [0.15, 0.2) is 11.5 Å². The Morgan fingerprint density at radius 2 is 1.90 bits per heavy atom. The molecule has 0 bridgehead atoms. The maximum Gasteiger partial charge on any atom is 0.164 e. The molecule has 2 aliphatic heterocycles. The summed E-state index contributed by atoms with van der Waals surface area (Å²) in [5.41, 5.74) is 9.77. The zero-order valence-electron chi connectivity index (χ0n) is 22.5. The van der Waals surface area contributed by atoms with Crippen LogP contribution >= 0.6 is 23.4 Å². The fourth-order valence-corrected chi connectivity index (χ4v) is 5.98. The van der Waals surface area contributed by atoms with Gasteiger partial charge < -0.3 is 16.0 Å². The van der Waals surface area contributed by atoms with Crippen LogP contribution in [0.5, 0.6) is 0 Å². The van der Waals surface area contributed by atoms with Crippen molar-refractivity contribution in [2.24, 2.45) is 5.73 Å². The van der Waals surface area contributed by atoms with Gasteiger partial charge in [-0.25, -0.2) is 14.6 Å². The molecule has 1 fully saturated rings. The van der Waals surface area contributed by atoms with Gasteiger partial charge in [-0.15, -0.1) is 0 Å². The van der Waals surface area contributed by atoms with Gasteiger partial charge in [0.25, 0.3) is 0 Å². The quantitative estimate of drug-likeness (QED) is 0.246. The first kappa shape index (κ1) is 27.3. The van der Waals surface area contributed by atoms with E-state index >= 15 is 0 Å². The summed E-state index contributed by atoms with van der Waals surface area (Å²) in [6.07, 6.45) is 13.5. The molecule has 4 heterocycles. The van der Waals surface area contributed by atoms with Crippen molar-refractivity contribution in [1.29, 1.82) is 0 Å². The molecule has 1 aromatic carbocycles. The molecule has 0 aliphatic carbocycles. The summed E-state index contributed by atoms with van der Waals surface area (Å²) in [7, 11) is 0. The molecule has 204 valence electrons. The average Bonchev–Trinajstić information content (AvgIpc) is 3.38. The van der Waals surface area contributed by atoms with Gasteiger partial charge in [0, 0.05) is 40.0 Å².